The first-order valence-electron chi connectivity index (χ1n) is 8.19. The molecule has 3 N–H and O–H groups in total. The molecule has 0 radical (unpaired) electrons. The van der Waals surface area contributed by atoms with Gasteiger partial charge in [-0.3, -0.25) is 4.99 Å². The van der Waals surface area contributed by atoms with Crippen LogP contribution in [0.15, 0.2) is 23.2 Å². The van der Waals surface area contributed by atoms with E-state index in [-0.39, 0.29) is 5.54 Å². The second-order valence-electron chi connectivity index (χ2n) is 6.67. The number of ether oxygens (including phenoxy) is 1. The maximum atomic E-state index is 5.41. The fourth-order valence-corrected chi connectivity index (χ4v) is 2.26. The summed E-state index contributed by atoms with van der Waals surface area (Å²) in [5.74, 6) is 1.77. The molecule has 1 aromatic carbocycles. The first-order valence-corrected chi connectivity index (χ1v) is 8.19. The van der Waals surface area contributed by atoms with Crippen LogP contribution in [-0.4, -0.2) is 45.3 Å². The van der Waals surface area contributed by atoms with Crippen molar-refractivity contribution in [1.29, 1.82) is 0 Å². The van der Waals surface area contributed by atoms with Gasteiger partial charge < -0.3 is 20.7 Å². The van der Waals surface area contributed by atoms with E-state index in [1.54, 1.807) is 14.2 Å². The van der Waals surface area contributed by atoms with Gasteiger partial charge in [0.2, 0.25) is 0 Å². The van der Waals surface area contributed by atoms with E-state index in [0.717, 1.165) is 37.8 Å². The van der Waals surface area contributed by atoms with Gasteiger partial charge in [0.05, 0.1) is 7.11 Å². The lowest BCUT2D eigenvalue weighted by atomic mass is 10.1. The van der Waals surface area contributed by atoms with Crippen LogP contribution in [0.4, 0.5) is 0 Å². The molecule has 1 aromatic rings. The largest absolute Gasteiger partial charge is 0.496 e. The van der Waals surface area contributed by atoms with Gasteiger partial charge in [0.25, 0.3) is 0 Å². The molecular weight excluding hydrogens is 288 g/mol. The summed E-state index contributed by atoms with van der Waals surface area (Å²) < 4.78 is 5.41. The number of hydrogen-bond donors (Lipinski definition) is 3. The summed E-state index contributed by atoms with van der Waals surface area (Å²) in [5.41, 5.74) is 2.60. The summed E-state index contributed by atoms with van der Waals surface area (Å²) >= 11 is 0. The van der Waals surface area contributed by atoms with Crippen LogP contribution in [0.2, 0.25) is 0 Å². The van der Waals surface area contributed by atoms with E-state index >= 15 is 0 Å². The molecule has 130 valence electrons. The molecule has 0 atom stereocenters. The van der Waals surface area contributed by atoms with Crippen LogP contribution >= 0.6 is 0 Å². The van der Waals surface area contributed by atoms with Crippen LogP contribution in [0.25, 0.3) is 0 Å². The lowest BCUT2D eigenvalue weighted by Gasteiger charge is -2.21. The van der Waals surface area contributed by atoms with Gasteiger partial charge in [-0.25, -0.2) is 0 Å². The van der Waals surface area contributed by atoms with Gasteiger partial charge >= 0.3 is 0 Å². The van der Waals surface area contributed by atoms with Crippen molar-refractivity contribution in [3.63, 3.8) is 0 Å². The van der Waals surface area contributed by atoms with Crippen molar-refractivity contribution < 1.29 is 4.74 Å². The van der Waals surface area contributed by atoms with E-state index in [1.165, 1.54) is 11.1 Å². The molecule has 0 aliphatic heterocycles. The molecule has 5 nitrogen and oxygen atoms in total. The van der Waals surface area contributed by atoms with Crippen LogP contribution in [0.3, 0.4) is 0 Å². The fraction of sp³-hybridized carbons (Fsp3) is 0.611. The van der Waals surface area contributed by atoms with Crippen LogP contribution in [-0.2, 0) is 6.42 Å². The van der Waals surface area contributed by atoms with Gasteiger partial charge in [-0.1, -0.05) is 17.7 Å². The van der Waals surface area contributed by atoms with Crippen LogP contribution in [0, 0.1) is 6.92 Å². The van der Waals surface area contributed by atoms with Crippen LogP contribution < -0.4 is 20.7 Å². The maximum Gasteiger partial charge on any atom is 0.191 e. The Morgan fingerprint density at radius 3 is 2.43 bits per heavy atom. The zero-order valence-electron chi connectivity index (χ0n) is 15.4. The number of aryl methyl sites for hydroxylation is 1. The average molecular weight is 320 g/mol. The molecule has 1 rings (SSSR count). The van der Waals surface area contributed by atoms with E-state index in [1.807, 2.05) is 6.07 Å². The Morgan fingerprint density at radius 1 is 1.13 bits per heavy atom. The van der Waals surface area contributed by atoms with Gasteiger partial charge in [-0.2, -0.15) is 0 Å². The molecule has 0 saturated carbocycles. The zero-order chi connectivity index (χ0) is 17.3. The third-order valence-electron chi connectivity index (χ3n) is 3.42. The Morgan fingerprint density at radius 2 is 1.83 bits per heavy atom. The second kappa shape index (κ2) is 9.40. The third-order valence-corrected chi connectivity index (χ3v) is 3.42. The highest BCUT2D eigenvalue weighted by atomic mass is 16.5. The number of nitrogens with zero attached hydrogens (tertiary/aromatic N) is 1. The average Bonchev–Trinajstić information content (AvgIpc) is 2.49. The number of benzene rings is 1. The van der Waals surface area contributed by atoms with Crippen molar-refractivity contribution in [2.45, 2.75) is 39.7 Å². The first kappa shape index (κ1) is 19.3. The first-order chi connectivity index (χ1) is 10.9. The summed E-state index contributed by atoms with van der Waals surface area (Å²) in [6, 6.07) is 6.26. The summed E-state index contributed by atoms with van der Waals surface area (Å²) in [5, 5.41) is 10.1. The van der Waals surface area contributed by atoms with E-state index in [0.29, 0.717) is 0 Å². The quantitative estimate of drug-likeness (QED) is 0.409. The van der Waals surface area contributed by atoms with E-state index < -0.39 is 0 Å². The smallest absolute Gasteiger partial charge is 0.191 e. The number of rotatable bonds is 7. The molecule has 0 aliphatic carbocycles. The van der Waals surface area contributed by atoms with Crippen molar-refractivity contribution in [2.24, 2.45) is 4.99 Å². The number of aliphatic imine (C=N–C) groups is 1. The molecule has 0 aliphatic rings. The monoisotopic (exact) mass is 320 g/mol. The Kier molecular flexibility index (Phi) is 7.89. The highest BCUT2D eigenvalue weighted by Gasteiger charge is 2.07. The van der Waals surface area contributed by atoms with Crippen LogP contribution in [0.5, 0.6) is 5.75 Å². The normalized spacial score (nSPS) is 12.2. The van der Waals surface area contributed by atoms with Crippen molar-refractivity contribution in [2.75, 3.05) is 33.8 Å². The zero-order valence-corrected chi connectivity index (χ0v) is 15.4. The molecule has 23 heavy (non-hydrogen) atoms. The molecule has 0 fully saturated rings. The van der Waals surface area contributed by atoms with E-state index in [4.69, 9.17) is 4.74 Å². The lowest BCUT2D eigenvalue weighted by molar-refractivity contribution is 0.409. The summed E-state index contributed by atoms with van der Waals surface area (Å²) in [6.45, 7) is 11.1. The minimum atomic E-state index is 0.139. The number of methoxy groups -OCH3 is 1. The molecule has 0 amide bonds. The highest BCUT2D eigenvalue weighted by molar-refractivity contribution is 5.79. The number of hydrogen-bond acceptors (Lipinski definition) is 3. The molecule has 0 saturated heterocycles. The Balaban J connectivity index is 2.37. The molecule has 5 heteroatoms. The second-order valence-corrected chi connectivity index (χ2v) is 6.67. The standard InChI is InChI=1S/C18H32N4O/c1-14-7-8-16(23-6)15(13-14)9-10-20-17(19-5)21-11-12-22-18(2,3)4/h7-8,13,22H,9-12H2,1-6H3,(H2,19,20,21). The number of nitrogens with one attached hydrogen (secondary N) is 3. The van der Waals surface area contributed by atoms with Gasteiger partial charge in [0.15, 0.2) is 5.96 Å². The summed E-state index contributed by atoms with van der Waals surface area (Å²) in [4.78, 5) is 4.25. The Hall–Kier alpha value is -1.75. The topological polar surface area (TPSA) is 57.7 Å². The lowest BCUT2D eigenvalue weighted by Crippen LogP contribution is -2.44. The SMILES string of the molecule is CN=C(NCCNC(C)(C)C)NCCc1cc(C)ccc1OC. The fourth-order valence-electron chi connectivity index (χ4n) is 2.26. The minimum absolute atomic E-state index is 0.139. The van der Waals surface area contributed by atoms with Gasteiger partial charge in [-0.15, -0.1) is 0 Å². The molecule has 0 bridgehead atoms. The van der Waals surface area contributed by atoms with Crippen molar-refractivity contribution in [1.82, 2.24) is 16.0 Å². The van der Waals surface area contributed by atoms with Crippen LogP contribution in [0.1, 0.15) is 31.9 Å². The Labute approximate surface area is 140 Å². The third kappa shape index (κ3) is 7.88. The van der Waals surface area contributed by atoms with E-state index in [9.17, 15) is 0 Å². The van der Waals surface area contributed by atoms with Crippen molar-refractivity contribution in [3.05, 3.63) is 29.3 Å². The van der Waals surface area contributed by atoms with Crippen molar-refractivity contribution in [3.8, 4) is 5.75 Å². The molecule has 0 heterocycles. The molecule has 0 spiro atoms. The highest BCUT2D eigenvalue weighted by Crippen LogP contribution is 2.19. The predicted octanol–water partition coefficient (Wildman–Crippen LogP) is 2.10. The maximum absolute atomic E-state index is 5.41. The molecular formula is C18H32N4O. The summed E-state index contributed by atoms with van der Waals surface area (Å²) in [7, 11) is 3.50. The van der Waals surface area contributed by atoms with Gasteiger partial charge in [0.1, 0.15) is 5.75 Å². The minimum Gasteiger partial charge on any atom is -0.496 e. The van der Waals surface area contributed by atoms with Gasteiger partial charge in [0, 0.05) is 32.2 Å². The molecule has 0 unspecified atom stereocenters. The van der Waals surface area contributed by atoms with Gasteiger partial charge in [-0.05, 0) is 45.7 Å². The molecule has 0 aromatic heterocycles. The Bertz CT molecular complexity index is 506. The predicted molar refractivity (Wildman–Crippen MR) is 98.6 cm³/mol. The van der Waals surface area contributed by atoms with E-state index in [2.05, 4.69) is 60.8 Å². The number of guanidine groups is 1. The van der Waals surface area contributed by atoms with Crippen molar-refractivity contribution >= 4 is 5.96 Å². The summed E-state index contributed by atoms with van der Waals surface area (Å²) in [6.07, 6.45) is 0.895.